The van der Waals surface area contributed by atoms with Crippen LogP contribution in [0, 0.1) is 0 Å². The molecule has 0 spiro atoms. The lowest BCUT2D eigenvalue weighted by Crippen LogP contribution is -2.31. The van der Waals surface area contributed by atoms with Gasteiger partial charge in [-0.2, -0.15) is 0 Å². The first-order chi connectivity index (χ1) is 12.1. The predicted molar refractivity (Wildman–Crippen MR) is 99.8 cm³/mol. The van der Waals surface area contributed by atoms with Gasteiger partial charge in [-0.3, -0.25) is 4.79 Å². The molecule has 3 aromatic rings. The Labute approximate surface area is 154 Å². The zero-order chi connectivity index (χ0) is 17.6. The fraction of sp³-hybridized carbons (Fsp3) is 0.158. The number of nitrogens with one attached hydrogen (secondary N) is 1. The van der Waals surface area contributed by atoms with Crippen molar-refractivity contribution in [2.45, 2.75) is 13.0 Å². The lowest BCUT2D eigenvalue weighted by Gasteiger charge is -2.15. The summed E-state index contributed by atoms with van der Waals surface area (Å²) in [5, 5.41) is 2.94. The number of amides is 1. The number of hydrogen-bond donors (Lipinski definition) is 1. The molecule has 1 amide bonds. The standard InChI is InChI=1S/C19H18BrN3O2/c1-14(15-2-6-17(7-3-15)23-11-10-21-13-23)22-19(24)12-25-18-8-4-16(20)5-9-18/h2-11,13-14H,12H2,1H3,(H,22,24)/t14-/m1/s1. The molecule has 0 fully saturated rings. The number of carbonyl (C=O) groups excluding carboxylic acids is 1. The van der Waals surface area contributed by atoms with Crippen molar-refractivity contribution in [3.8, 4) is 11.4 Å². The number of carbonyl (C=O) groups is 1. The largest absolute Gasteiger partial charge is 0.484 e. The number of aromatic nitrogens is 2. The van der Waals surface area contributed by atoms with Gasteiger partial charge in [-0.05, 0) is 48.9 Å². The first kappa shape index (κ1) is 17.2. The summed E-state index contributed by atoms with van der Waals surface area (Å²) in [6.45, 7) is 1.93. The number of rotatable bonds is 6. The topological polar surface area (TPSA) is 56.1 Å². The predicted octanol–water partition coefficient (Wildman–Crippen LogP) is 3.89. The average molecular weight is 400 g/mol. The molecular formula is C19H18BrN3O2. The normalized spacial score (nSPS) is 11.8. The van der Waals surface area contributed by atoms with E-state index in [1.165, 1.54) is 0 Å². The summed E-state index contributed by atoms with van der Waals surface area (Å²) < 4.78 is 8.38. The van der Waals surface area contributed by atoms with Gasteiger partial charge in [0.05, 0.1) is 12.4 Å². The minimum absolute atomic E-state index is 0.0148. The van der Waals surface area contributed by atoms with Gasteiger partial charge in [0.25, 0.3) is 5.91 Å². The van der Waals surface area contributed by atoms with Crippen LogP contribution in [0.1, 0.15) is 18.5 Å². The monoisotopic (exact) mass is 399 g/mol. The molecule has 0 unspecified atom stereocenters. The van der Waals surface area contributed by atoms with Gasteiger partial charge in [-0.15, -0.1) is 0 Å². The highest BCUT2D eigenvalue weighted by atomic mass is 79.9. The molecule has 3 rings (SSSR count). The molecule has 1 N–H and O–H groups in total. The Hall–Kier alpha value is -2.60. The van der Waals surface area contributed by atoms with Crippen LogP contribution in [-0.4, -0.2) is 22.1 Å². The van der Waals surface area contributed by atoms with E-state index in [-0.39, 0.29) is 18.6 Å². The number of halogens is 1. The van der Waals surface area contributed by atoms with Crippen LogP contribution in [0.3, 0.4) is 0 Å². The van der Waals surface area contributed by atoms with Crippen molar-refractivity contribution in [3.05, 3.63) is 77.3 Å². The summed E-state index contributed by atoms with van der Waals surface area (Å²) in [4.78, 5) is 16.1. The van der Waals surface area contributed by atoms with Crippen LogP contribution in [0.5, 0.6) is 5.75 Å². The summed E-state index contributed by atoms with van der Waals surface area (Å²) in [7, 11) is 0. The van der Waals surface area contributed by atoms with E-state index in [1.807, 2.05) is 66.2 Å². The Morgan fingerprint density at radius 2 is 1.92 bits per heavy atom. The summed E-state index contributed by atoms with van der Waals surface area (Å²) in [5.41, 5.74) is 2.05. The van der Waals surface area contributed by atoms with Crippen molar-refractivity contribution < 1.29 is 9.53 Å². The highest BCUT2D eigenvalue weighted by Gasteiger charge is 2.10. The molecule has 0 radical (unpaired) electrons. The van der Waals surface area contributed by atoms with Crippen LogP contribution < -0.4 is 10.1 Å². The van der Waals surface area contributed by atoms with Crippen LogP contribution >= 0.6 is 15.9 Å². The molecule has 6 heteroatoms. The van der Waals surface area contributed by atoms with Crippen molar-refractivity contribution >= 4 is 21.8 Å². The molecule has 25 heavy (non-hydrogen) atoms. The van der Waals surface area contributed by atoms with E-state index in [1.54, 1.807) is 12.5 Å². The number of imidazole rings is 1. The van der Waals surface area contributed by atoms with Gasteiger partial charge in [-0.1, -0.05) is 28.1 Å². The number of nitrogens with zero attached hydrogens (tertiary/aromatic N) is 2. The van der Waals surface area contributed by atoms with E-state index in [9.17, 15) is 4.79 Å². The van der Waals surface area contributed by atoms with Gasteiger partial charge in [-0.25, -0.2) is 4.98 Å². The molecule has 0 bridgehead atoms. The maximum Gasteiger partial charge on any atom is 0.258 e. The highest BCUT2D eigenvalue weighted by molar-refractivity contribution is 9.10. The highest BCUT2D eigenvalue weighted by Crippen LogP contribution is 2.17. The Morgan fingerprint density at radius 1 is 1.20 bits per heavy atom. The van der Waals surface area contributed by atoms with Crippen LogP contribution in [0.2, 0.25) is 0 Å². The second-order valence-electron chi connectivity index (χ2n) is 5.59. The zero-order valence-electron chi connectivity index (χ0n) is 13.7. The van der Waals surface area contributed by atoms with Gasteiger partial charge >= 0.3 is 0 Å². The van der Waals surface area contributed by atoms with Crippen LogP contribution in [0.15, 0.2) is 71.7 Å². The van der Waals surface area contributed by atoms with E-state index in [0.29, 0.717) is 5.75 Å². The van der Waals surface area contributed by atoms with Gasteiger partial charge < -0.3 is 14.6 Å². The molecule has 1 atom stereocenters. The molecule has 1 heterocycles. The van der Waals surface area contributed by atoms with E-state index < -0.39 is 0 Å². The van der Waals surface area contributed by atoms with E-state index in [4.69, 9.17) is 4.74 Å². The van der Waals surface area contributed by atoms with Crippen LogP contribution in [0.25, 0.3) is 5.69 Å². The fourth-order valence-corrected chi connectivity index (χ4v) is 2.66. The Balaban J connectivity index is 1.53. The van der Waals surface area contributed by atoms with E-state index >= 15 is 0 Å². The van der Waals surface area contributed by atoms with Gasteiger partial charge in [0, 0.05) is 22.6 Å². The fourth-order valence-electron chi connectivity index (χ4n) is 2.39. The van der Waals surface area contributed by atoms with Gasteiger partial charge in [0.15, 0.2) is 6.61 Å². The molecule has 1 aromatic heterocycles. The maximum atomic E-state index is 12.1. The molecule has 5 nitrogen and oxygen atoms in total. The molecular weight excluding hydrogens is 382 g/mol. The zero-order valence-corrected chi connectivity index (χ0v) is 15.3. The van der Waals surface area contributed by atoms with Crippen molar-refractivity contribution in [1.82, 2.24) is 14.9 Å². The Kier molecular flexibility index (Phi) is 5.50. The van der Waals surface area contributed by atoms with E-state index in [2.05, 4.69) is 26.2 Å². The molecule has 0 aliphatic carbocycles. The van der Waals surface area contributed by atoms with Gasteiger partial charge in [0.2, 0.25) is 0 Å². The lowest BCUT2D eigenvalue weighted by atomic mass is 10.1. The number of ether oxygens (including phenoxy) is 1. The minimum atomic E-state index is -0.158. The summed E-state index contributed by atoms with van der Waals surface area (Å²) in [6, 6.07) is 15.3. The maximum absolute atomic E-state index is 12.1. The van der Waals surface area contributed by atoms with Crippen molar-refractivity contribution in [2.24, 2.45) is 0 Å². The molecule has 0 saturated carbocycles. The third kappa shape index (κ3) is 4.70. The SMILES string of the molecule is C[C@@H](NC(=O)COc1ccc(Br)cc1)c1ccc(-n2ccnc2)cc1. The quantitative estimate of drug-likeness (QED) is 0.683. The van der Waals surface area contributed by atoms with Crippen LogP contribution in [0.4, 0.5) is 0 Å². The minimum Gasteiger partial charge on any atom is -0.484 e. The molecule has 128 valence electrons. The summed E-state index contributed by atoms with van der Waals surface area (Å²) in [5.74, 6) is 0.504. The first-order valence-electron chi connectivity index (χ1n) is 7.88. The average Bonchev–Trinajstić information content (AvgIpc) is 3.16. The third-order valence-electron chi connectivity index (χ3n) is 3.76. The van der Waals surface area contributed by atoms with Crippen molar-refractivity contribution in [3.63, 3.8) is 0 Å². The van der Waals surface area contributed by atoms with Crippen molar-refractivity contribution in [1.29, 1.82) is 0 Å². The van der Waals surface area contributed by atoms with Gasteiger partial charge in [0.1, 0.15) is 5.75 Å². The number of benzene rings is 2. The summed E-state index contributed by atoms with van der Waals surface area (Å²) >= 11 is 3.36. The van der Waals surface area contributed by atoms with E-state index in [0.717, 1.165) is 15.7 Å². The molecule has 2 aromatic carbocycles. The lowest BCUT2D eigenvalue weighted by molar-refractivity contribution is -0.123. The molecule has 0 aliphatic rings. The second kappa shape index (κ2) is 7.98. The second-order valence-corrected chi connectivity index (χ2v) is 6.51. The smallest absolute Gasteiger partial charge is 0.258 e. The third-order valence-corrected chi connectivity index (χ3v) is 4.29. The number of hydrogen-bond acceptors (Lipinski definition) is 3. The Morgan fingerprint density at radius 3 is 2.56 bits per heavy atom. The molecule has 0 saturated heterocycles. The van der Waals surface area contributed by atoms with Crippen LogP contribution in [-0.2, 0) is 4.79 Å². The summed E-state index contributed by atoms with van der Waals surface area (Å²) in [6.07, 6.45) is 5.38. The molecule has 0 aliphatic heterocycles. The Bertz CT molecular complexity index is 815. The van der Waals surface area contributed by atoms with Crippen molar-refractivity contribution in [2.75, 3.05) is 6.61 Å². The first-order valence-corrected chi connectivity index (χ1v) is 8.67.